The van der Waals surface area contributed by atoms with Crippen molar-refractivity contribution >= 4 is 11.9 Å². The van der Waals surface area contributed by atoms with E-state index in [2.05, 4.69) is 0 Å². The summed E-state index contributed by atoms with van der Waals surface area (Å²) < 4.78 is 31.6. The van der Waals surface area contributed by atoms with Crippen molar-refractivity contribution in [3.8, 4) is 0 Å². The van der Waals surface area contributed by atoms with Crippen LogP contribution < -0.4 is 0 Å². The van der Waals surface area contributed by atoms with Gasteiger partial charge in [0, 0.05) is 35.2 Å². The van der Waals surface area contributed by atoms with Gasteiger partial charge in [-0.25, -0.2) is 0 Å². The average molecular weight is 306 g/mol. The van der Waals surface area contributed by atoms with Crippen LogP contribution in [0.5, 0.6) is 0 Å². The van der Waals surface area contributed by atoms with Gasteiger partial charge in [-0.1, -0.05) is 0 Å². The van der Waals surface area contributed by atoms with Crippen LogP contribution in [-0.2, 0) is 38.0 Å². The van der Waals surface area contributed by atoms with E-state index in [1.165, 1.54) is 35.2 Å². The minimum Gasteiger partial charge on any atom is -0.462 e. The quantitative estimate of drug-likeness (QED) is 0.602. The number of hydrogen-bond acceptors (Lipinski definition) is 8. The molecule has 0 bridgehead atoms. The molecular formula is C13H22O8. The van der Waals surface area contributed by atoms with Crippen molar-refractivity contribution in [3.63, 3.8) is 0 Å². The Hall–Kier alpha value is -1.22. The lowest BCUT2D eigenvalue weighted by molar-refractivity contribution is -0.188. The Bertz CT molecular complexity index is 358. The van der Waals surface area contributed by atoms with Gasteiger partial charge in [0.15, 0.2) is 12.4 Å². The van der Waals surface area contributed by atoms with Crippen LogP contribution in [0.2, 0.25) is 0 Å². The first-order valence-corrected chi connectivity index (χ1v) is 6.49. The largest absolute Gasteiger partial charge is 0.462 e. The number of carbonyl (C=O) groups is 2. The molecule has 0 unspecified atom stereocenters. The molecule has 122 valence electrons. The predicted octanol–water partition coefficient (Wildman–Crippen LogP) is -0.117. The van der Waals surface area contributed by atoms with Crippen molar-refractivity contribution in [3.05, 3.63) is 0 Å². The average Bonchev–Trinajstić information content (AvgIpc) is 2.80. The molecule has 1 aliphatic heterocycles. The fraction of sp³-hybridized carbons (Fsp3) is 0.846. The minimum absolute atomic E-state index is 0.133. The fourth-order valence-electron chi connectivity index (χ4n) is 2.26. The third-order valence-electron chi connectivity index (χ3n) is 3.12. The molecule has 0 amide bonds. The third-order valence-corrected chi connectivity index (χ3v) is 3.12. The van der Waals surface area contributed by atoms with Gasteiger partial charge in [-0.15, -0.1) is 0 Å². The molecule has 1 saturated heterocycles. The molecule has 5 atom stereocenters. The highest BCUT2D eigenvalue weighted by Gasteiger charge is 2.50. The number of esters is 2. The summed E-state index contributed by atoms with van der Waals surface area (Å²) in [7, 11) is 4.46. The smallest absolute Gasteiger partial charge is 0.303 e. The molecule has 8 nitrogen and oxygen atoms in total. The van der Waals surface area contributed by atoms with Gasteiger partial charge in [0.1, 0.15) is 24.9 Å². The summed E-state index contributed by atoms with van der Waals surface area (Å²) >= 11 is 0. The molecule has 0 saturated carbocycles. The van der Waals surface area contributed by atoms with Crippen LogP contribution in [0.4, 0.5) is 0 Å². The van der Waals surface area contributed by atoms with Gasteiger partial charge in [0.2, 0.25) is 0 Å². The van der Waals surface area contributed by atoms with E-state index in [4.69, 9.17) is 28.4 Å². The van der Waals surface area contributed by atoms with Crippen molar-refractivity contribution in [2.24, 2.45) is 0 Å². The van der Waals surface area contributed by atoms with Gasteiger partial charge in [0.25, 0.3) is 0 Å². The summed E-state index contributed by atoms with van der Waals surface area (Å²) in [6, 6.07) is 0. The summed E-state index contributed by atoms with van der Waals surface area (Å²) in [5.41, 5.74) is 0. The van der Waals surface area contributed by atoms with E-state index in [0.717, 1.165) is 0 Å². The monoisotopic (exact) mass is 306 g/mol. The maximum Gasteiger partial charge on any atom is 0.303 e. The van der Waals surface area contributed by atoms with Crippen LogP contribution in [-0.4, -0.2) is 70.6 Å². The van der Waals surface area contributed by atoms with Crippen LogP contribution in [0, 0.1) is 0 Å². The zero-order valence-corrected chi connectivity index (χ0v) is 12.9. The Morgan fingerprint density at radius 2 is 1.62 bits per heavy atom. The molecule has 0 aliphatic carbocycles. The first-order chi connectivity index (χ1) is 9.94. The first kappa shape index (κ1) is 17.8. The van der Waals surface area contributed by atoms with E-state index < -0.39 is 42.6 Å². The van der Waals surface area contributed by atoms with Crippen molar-refractivity contribution in [1.82, 2.24) is 0 Å². The molecule has 0 aromatic heterocycles. The molecular weight excluding hydrogens is 284 g/mol. The van der Waals surface area contributed by atoms with Crippen LogP contribution in [0.15, 0.2) is 0 Å². The lowest BCUT2D eigenvalue weighted by Crippen LogP contribution is -2.45. The minimum atomic E-state index is -0.811. The molecule has 1 fully saturated rings. The topological polar surface area (TPSA) is 89.5 Å². The molecule has 0 spiro atoms. The maximum atomic E-state index is 11.2. The van der Waals surface area contributed by atoms with E-state index >= 15 is 0 Å². The second-order valence-corrected chi connectivity index (χ2v) is 4.56. The summed E-state index contributed by atoms with van der Waals surface area (Å²) in [6.07, 6.45) is -3.16. The zero-order valence-electron chi connectivity index (χ0n) is 12.9. The summed E-state index contributed by atoms with van der Waals surface area (Å²) in [5, 5.41) is 0. The molecule has 21 heavy (non-hydrogen) atoms. The zero-order chi connectivity index (χ0) is 16.0. The molecule has 8 heteroatoms. The maximum absolute atomic E-state index is 11.2. The van der Waals surface area contributed by atoms with Crippen LogP contribution >= 0.6 is 0 Å². The van der Waals surface area contributed by atoms with Gasteiger partial charge in [-0.05, 0) is 0 Å². The van der Waals surface area contributed by atoms with E-state index in [-0.39, 0.29) is 6.61 Å². The molecule has 1 heterocycles. The number of carbonyl (C=O) groups excluding carboxylic acids is 2. The van der Waals surface area contributed by atoms with Gasteiger partial charge in [-0.3, -0.25) is 9.59 Å². The lowest BCUT2D eigenvalue weighted by Gasteiger charge is -2.26. The Morgan fingerprint density at radius 3 is 2.05 bits per heavy atom. The Morgan fingerprint density at radius 1 is 1.00 bits per heavy atom. The van der Waals surface area contributed by atoms with E-state index in [1.54, 1.807) is 0 Å². The molecule has 0 aromatic rings. The lowest BCUT2D eigenvalue weighted by atomic mass is 10.1. The van der Waals surface area contributed by atoms with Crippen LogP contribution in [0.25, 0.3) is 0 Å². The number of ether oxygens (including phenoxy) is 6. The number of rotatable bonds is 7. The predicted molar refractivity (Wildman–Crippen MR) is 69.5 cm³/mol. The number of methoxy groups -OCH3 is 3. The van der Waals surface area contributed by atoms with Crippen molar-refractivity contribution in [2.75, 3.05) is 27.9 Å². The van der Waals surface area contributed by atoms with Crippen molar-refractivity contribution in [2.45, 2.75) is 44.6 Å². The van der Waals surface area contributed by atoms with E-state index in [9.17, 15) is 9.59 Å². The Kier molecular flexibility index (Phi) is 7.03. The van der Waals surface area contributed by atoms with E-state index in [0.29, 0.717) is 0 Å². The highest BCUT2D eigenvalue weighted by atomic mass is 16.7. The van der Waals surface area contributed by atoms with Crippen molar-refractivity contribution < 1.29 is 38.0 Å². The highest BCUT2D eigenvalue weighted by molar-refractivity contribution is 5.67. The van der Waals surface area contributed by atoms with Crippen LogP contribution in [0.3, 0.4) is 0 Å². The SMILES string of the molecule is CO[C@H]1O[C@H]([C@@H](COC(C)=O)OC(C)=O)[C@H](OC)[C@@H]1OC. The molecule has 0 N–H and O–H groups in total. The fourth-order valence-corrected chi connectivity index (χ4v) is 2.26. The second-order valence-electron chi connectivity index (χ2n) is 4.56. The molecule has 0 radical (unpaired) electrons. The molecule has 0 aromatic carbocycles. The molecule has 1 rings (SSSR count). The van der Waals surface area contributed by atoms with Crippen molar-refractivity contribution in [1.29, 1.82) is 0 Å². The highest BCUT2D eigenvalue weighted by Crippen LogP contribution is 2.29. The number of hydrogen-bond donors (Lipinski definition) is 0. The van der Waals surface area contributed by atoms with Gasteiger partial charge in [0.05, 0.1) is 0 Å². The summed E-state index contributed by atoms with van der Waals surface area (Å²) in [4.78, 5) is 22.2. The standard InChI is InChI=1S/C13H22O8/c1-7(14)19-6-9(20-8(2)15)10-11(16-3)12(17-4)13(18-5)21-10/h9-13H,6H2,1-5H3/t9-,10-,11+,12+,13+/m1/s1. The Labute approximate surface area is 123 Å². The third kappa shape index (κ3) is 4.63. The summed E-state index contributed by atoms with van der Waals surface area (Å²) in [5.74, 6) is -0.994. The normalized spacial score (nSPS) is 30.0. The molecule has 1 aliphatic rings. The Balaban J connectivity index is 2.87. The van der Waals surface area contributed by atoms with Crippen LogP contribution in [0.1, 0.15) is 13.8 Å². The second kappa shape index (κ2) is 8.28. The first-order valence-electron chi connectivity index (χ1n) is 6.49. The van der Waals surface area contributed by atoms with E-state index in [1.807, 2.05) is 0 Å². The van der Waals surface area contributed by atoms with Gasteiger partial charge >= 0.3 is 11.9 Å². The van der Waals surface area contributed by atoms with Gasteiger partial charge in [-0.2, -0.15) is 0 Å². The summed E-state index contributed by atoms with van der Waals surface area (Å²) in [6.45, 7) is 2.40. The van der Waals surface area contributed by atoms with Gasteiger partial charge < -0.3 is 28.4 Å².